The van der Waals surface area contributed by atoms with Crippen LogP contribution in [-0.4, -0.2) is 39.0 Å². The highest BCUT2D eigenvalue weighted by Gasteiger charge is 2.10. The zero-order valence-corrected chi connectivity index (χ0v) is 17.4. The topological polar surface area (TPSA) is 52.4 Å². The highest BCUT2D eigenvalue weighted by molar-refractivity contribution is 7.96. The Balaban J connectivity index is 1.65. The van der Waals surface area contributed by atoms with Crippen LogP contribution in [0.2, 0.25) is 0 Å². The molecule has 148 valence electrons. The fourth-order valence-corrected chi connectivity index (χ4v) is 3.84. The van der Waals surface area contributed by atoms with E-state index in [0.717, 1.165) is 42.6 Å². The molecule has 0 aliphatic carbocycles. The third-order valence-corrected chi connectivity index (χ3v) is 5.45. The largest absolute Gasteiger partial charge is 0.497 e. The highest BCUT2D eigenvalue weighted by atomic mass is 32.2. The summed E-state index contributed by atoms with van der Waals surface area (Å²) in [7, 11) is 5.31. The molecular weight excluding hydrogens is 372 g/mol. The van der Waals surface area contributed by atoms with Crippen molar-refractivity contribution < 1.29 is 9.47 Å². The molecule has 0 saturated carbocycles. The molecule has 0 N–H and O–H groups in total. The fourth-order valence-electron chi connectivity index (χ4n) is 2.83. The number of methoxy groups -OCH3 is 2. The first kappa shape index (κ1) is 20.2. The molecule has 3 aromatic rings. The second-order valence-corrected chi connectivity index (χ2v) is 7.56. The quantitative estimate of drug-likeness (QED) is 0.485. The van der Waals surface area contributed by atoms with E-state index in [0.29, 0.717) is 0 Å². The number of hydrogen-bond donors (Lipinski definition) is 0. The van der Waals surface area contributed by atoms with E-state index in [1.165, 1.54) is 11.1 Å². The van der Waals surface area contributed by atoms with Crippen LogP contribution in [0.15, 0.2) is 54.9 Å². The Morgan fingerprint density at radius 3 is 1.86 bits per heavy atom. The van der Waals surface area contributed by atoms with Gasteiger partial charge in [0.1, 0.15) is 23.7 Å². The van der Waals surface area contributed by atoms with Crippen molar-refractivity contribution >= 4 is 11.9 Å². The molecule has 28 heavy (non-hydrogen) atoms. The molecule has 1 aromatic heterocycles. The number of rotatable bonds is 10. The summed E-state index contributed by atoms with van der Waals surface area (Å²) in [4.78, 5) is 4.31. The van der Waals surface area contributed by atoms with Crippen LogP contribution in [0.25, 0.3) is 0 Å². The summed E-state index contributed by atoms with van der Waals surface area (Å²) in [6.07, 6.45) is 2.48. The van der Waals surface area contributed by atoms with Gasteiger partial charge in [0.25, 0.3) is 0 Å². The van der Waals surface area contributed by atoms with Crippen LogP contribution < -0.4 is 9.47 Å². The number of nitrogens with zero attached hydrogens (tertiary/aromatic N) is 4. The van der Waals surface area contributed by atoms with Crippen molar-refractivity contribution in [2.75, 3.05) is 20.0 Å². The molecule has 1 heterocycles. The molecule has 0 saturated heterocycles. The van der Waals surface area contributed by atoms with Gasteiger partial charge in [-0.2, -0.15) is 5.10 Å². The maximum atomic E-state index is 5.26. The molecule has 0 aliphatic heterocycles. The first-order valence-corrected chi connectivity index (χ1v) is 10.1. The zero-order chi connectivity index (χ0) is 19.8. The summed E-state index contributed by atoms with van der Waals surface area (Å²) >= 11 is 1.83. The lowest BCUT2D eigenvalue weighted by Gasteiger charge is -2.21. The van der Waals surface area contributed by atoms with Gasteiger partial charge >= 0.3 is 0 Å². The molecule has 0 radical (unpaired) electrons. The van der Waals surface area contributed by atoms with Crippen LogP contribution in [0.1, 0.15) is 17.0 Å². The van der Waals surface area contributed by atoms with Crippen LogP contribution in [-0.2, 0) is 26.6 Å². The summed E-state index contributed by atoms with van der Waals surface area (Å²) in [6, 6.07) is 16.5. The molecule has 0 fully saturated rings. The van der Waals surface area contributed by atoms with E-state index < -0.39 is 0 Å². The first-order chi connectivity index (χ1) is 13.7. The van der Waals surface area contributed by atoms with Crippen molar-refractivity contribution in [2.45, 2.75) is 19.5 Å². The third-order valence-electron chi connectivity index (χ3n) is 4.44. The average Bonchev–Trinajstić information content (AvgIpc) is 3.14. The van der Waals surface area contributed by atoms with Gasteiger partial charge in [0.2, 0.25) is 0 Å². The van der Waals surface area contributed by atoms with Crippen LogP contribution in [0, 0.1) is 0 Å². The summed E-state index contributed by atoms with van der Waals surface area (Å²) in [6.45, 7) is 1.69. The van der Waals surface area contributed by atoms with Gasteiger partial charge in [-0.05, 0) is 35.4 Å². The van der Waals surface area contributed by atoms with Gasteiger partial charge < -0.3 is 9.47 Å². The minimum atomic E-state index is 0.847. The first-order valence-electron chi connectivity index (χ1n) is 9.14. The van der Waals surface area contributed by atoms with Gasteiger partial charge in [0.15, 0.2) is 0 Å². The van der Waals surface area contributed by atoms with Gasteiger partial charge in [0, 0.05) is 32.3 Å². The Labute approximate surface area is 170 Å². The van der Waals surface area contributed by atoms with Crippen molar-refractivity contribution in [2.24, 2.45) is 7.05 Å². The van der Waals surface area contributed by atoms with Gasteiger partial charge in [-0.15, -0.1) is 0 Å². The van der Waals surface area contributed by atoms with Crippen molar-refractivity contribution in [3.05, 3.63) is 71.8 Å². The van der Waals surface area contributed by atoms with E-state index >= 15 is 0 Å². The zero-order valence-electron chi connectivity index (χ0n) is 16.5. The van der Waals surface area contributed by atoms with E-state index in [9.17, 15) is 0 Å². The van der Waals surface area contributed by atoms with Crippen molar-refractivity contribution in [3.8, 4) is 11.5 Å². The molecule has 3 rings (SSSR count). The van der Waals surface area contributed by atoms with E-state index in [1.807, 2.05) is 47.9 Å². The van der Waals surface area contributed by atoms with E-state index in [2.05, 4.69) is 38.7 Å². The van der Waals surface area contributed by atoms with E-state index in [-0.39, 0.29) is 0 Å². The molecule has 0 atom stereocenters. The molecule has 0 aliphatic rings. The van der Waals surface area contributed by atoms with Gasteiger partial charge in [-0.25, -0.2) is 9.29 Å². The molecule has 6 nitrogen and oxygen atoms in total. The Kier molecular flexibility index (Phi) is 7.33. The molecule has 0 bridgehead atoms. The Bertz CT molecular complexity index is 800. The second kappa shape index (κ2) is 10.1. The van der Waals surface area contributed by atoms with Crippen molar-refractivity contribution in [3.63, 3.8) is 0 Å². The monoisotopic (exact) mass is 398 g/mol. The highest BCUT2D eigenvalue weighted by Crippen LogP contribution is 2.22. The molecule has 2 aromatic carbocycles. The SMILES string of the molecule is COc1ccc(CN(Cc2ccc(OC)cc2)SCCc2ncnn2C)cc1. The number of ether oxygens (including phenoxy) is 2. The minimum Gasteiger partial charge on any atom is -0.497 e. The number of benzene rings is 2. The fraction of sp³-hybridized carbons (Fsp3) is 0.333. The third kappa shape index (κ3) is 5.74. The smallest absolute Gasteiger partial charge is 0.138 e. The summed E-state index contributed by atoms with van der Waals surface area (Å²) in [5.74, 6) is 3.70. The predicted octanol–water partition coefficient (Wildman–Crippen LogP) is 3.73. The Hall–Kier alpha value is -2.51. The molecule has 0 spiro atoms. The molecule has 0 unspecified atom stereocenters. The van der Waals surface area contributed by atoms with Crippen LogP contribution in [0.4, 0.5) is 0 Å². The van der Waals surface area contributed by atoms with Gasteiger partial charge in [-0.1, -0.05) is 36.2 Å². The lowest BCUT2D eigenvalue weighted by Crippen LogP contribution is -2.16. The number of aryl methyl sites for hydroxylation is 2. The second-order valence-electron chi connectivity index (χ2n) is 6.38. The maximum Gasteiger partial charge on any atom is 0.138 e. The molecule has 7 heteroatoms. The van der Waals surface area contributed by atoms with Crippen LogP contribution in [0.3, 0.4) is 0 Å². The Morgan fingerprint density at radius 1 is 0.893 bits per heavy atom. The van der Waals surface area contributed by atoms with Crippen LogP contribution in [0.5, 0.6) is 11.5 Å². The number of aromatic nitrogens is 3. The minimum absolute atomic E-state index is 0.847. The lowest BCUT2D eigenvalue weighted by atomic mass is 10.2. The summed E-state index contributed by atoms with van der Waals surface area (Å²) < 4.78 is 14.7. The van der Waals surface area contributed by atoms with E-state index in [1.54, 1.807) is 20.5 Å². The van der Waals surface area contributed by atoms with Crippen molar-refractivity contribution in [1.82, 2.24) is 19.1 Å². The predicted molar refractivity (Wildman–Crippen MR) is 112 cm³/mol. The molecule has 0 amide bonds. The molecular formula is C21H26N4O2S. The Morgan fingerprint density at radius 2 is 1.43 bits per heavy atom. The number of hydrogen-bond acceptors (Lipinski definition) is 6. The maximum absolute atomic E-state index is 5.26. The summed E-state index contributed by atoms with van der Waals surface area (Å²) in [5, 5.41) is 4.14. The van der Waals surface area contributed by atoms with Gasteiger partial charge in [0.05, 0.1) is 14.2 Å². The van der Waals surface area contributed by atoms with Gasteiger partial charge in [-0.3, -0.25) is 4.68 Å². The normalized spacial score (nSPS) is 11.0. The average molecular weight is 399 g/mol. The van der Waals surface area contributed by atoms with E-state index in [4.69, 9.17) is 9.47 Å². The van der Waals surface area contributed by atoms with Crippen LogP contribution >= 0.6 is 11.9 Å². The standard InChI is InChI=1S/C21H26N4O2S/c1-24-21(22-16-23-24)12-13-28-25(14-17-4-8-19(26-2)9-5-17)15-18-6-10-20(27-3)11-7-18/h4-11,16H,12-15H2,1-3H3. The lowest BCUT2D eigenvalue weighted by molar-refractivity contribution is 0.413. The summed E-state index contributed by atoms with van der Waals surface area (Å²) in [5.41, 5.74) is 2.50. The van der Waals surface area contributed by atoms with Crippen molar-refractivity contribution in [1.29, 1.82) is 0 Å².